The van der Waals surface area contributed by atoms with Crippen molar-refractivity contribution in [2.24, 2.45) is 0 Å². The third kappa shape index (κ3) is 2.65. The number of rotatable bonds is 1. The van der Waals surface area contributed by atoms with E-state index in [1.807, 2.05) is 36.1 Å². The molecule has 0 spiro atoms. The van der Waals surface area contributed by atoms with Gasteiger partial charge in [0.15, 0.2) is 5.76 Å². The molecule has 2 heterocycles. The molecule has 1 saturated heterocycles. The van der Waals surface area contributed by atoms with E-state index in [-0.39, 0.29) is 24.4 Å². The van der Waals surface area contributed by atoms with Crippen molar-refractivity contribution in [3.8, 4) is 0 Å². The summed E-state index contributed by atoms with van der Waals surface area (Å²) >= 11 is 0. The molecule has 1 aliphatic heterocycles. The molecule has 0 aliphatic carbocycles. The summed E-state index contributed by atoms with van der Waals surface area (Å²) in [6.45, 7) is 7.69. The minimum absolute atomic E-state index is 0. The molecule has 1 aromatic heterocycles. The Labute approximate surface area is 130 Å². The highest BCUT2D eigenvalue weighted by atomic mass is 35.5. The summed E-state index contributed by atoms with van der Waals surface area (Å²) in [7, 11) is 0. The largest absolute Gasteiger partial charge is 0.451 e. The van der Waals surface area contributed by atoms with Crippen LogP contribution in [-0.2, 0) is 0 Å². The first kappa shape index (κ1) is 15.9. The Bertz CT molecular complexity index is 653. The summed E-state index contributed by atoms with van der Waals surface area (Å²) in [5, 5.41) is 4.40. The first-order valence-electron chi connectivity index (χ1n) is 7.12. The van der Waals surface area contributed by atoms with Gasteiger partial charge in [0, 0.05) is 36.1 Å². The van der Waals surface area contributed by atoms with E-state index in [1.165, 1.54) is 0 Å². The highest BCUT2D eigenvalue weighted by Gasteiger charge is 2.31. The molecule has 1 amide bonds. The van der Waals surface area contributed by atoms with Gasteiger partial charge in [-0.1, -0.05) is 18.2 Å². The van der Waals surface area contributed by atoms with Crippen LogP contribution in [-0.4, -0.2) is 36.0 Å². The van der Waals surface area contributed by atoms with E-state index in [4.69, 9.17) is 4.42 Å². The van der Waals surface area contributed by atoms with Gasteiger partial charge in [-0.2, -0.15) is 0 Å². The molecule has 0 radical (unpaired) electrons. The number of nitrogens with one attached hydrogen (secondary N) is 1. The number of amides is 1. The van der Waals surface area contributed by atoms with Gasteiger partial charge in [-0.3, -0.25) is 4.79 Å². The lowest BCUT2D eigenvalue weighted by atomic mass is 10.1. The lowest BCUT2D eigenvalue weighted by Crippen LogP contribution is -2.57. The fourth-order valence-corrected chi connectivity index (χ4v) is 2.85. The van der Waals surface area contributed by atoms with E-state index in [0.29, 0.717) is 11.8 Å². The zero-order chi connectivity index (χ0) is 14.3. The lowest BCUT2D eigenvalue weighted by molar-refractivity contribution is 0.0572. The SMILES string of the molecule is Cc1c(C(=O)N2CCNC(C)C2C)oc2ccccc12.Cl. The predicted octanol–water partition coefficient (Wildman–Crippen LogP) is 2.99. The highest BCUT2D eigenvalue weighted by molar-refractivity contribution is 5.99. The van der Waals surface area contributed by atoms with Gasteiger partial charge in [-0.05, 0) is 26.8 Å². The second-order valence-corrected chi connectivity index (χ2v) is 5.53. The molecule has 1 aromatic carbocycles. The average molecular weight is 309 g/mol. The molecule has 1 N–H and O–H groups in total. The fourth-order valence-electron chi connectivity index (χ4n) is 2.85. The van der Waals surface area contributed by atoms with Crippen LogP contribution in [0.1, 0.15) is 30.0 Å². The summed E-state index contributed by atoms with van der Waals surface area (Å²) in [5.41, 5.74) is 1.72. The minimum Gasteiger partial charge on any atom is -0.451 e. The number of piperazine rings is 1. The number of carbonyl (C=O) groups is 1. The Hall–Kier alpha value is -1.52. The quantitative estimate of drug-likeness (QED) is 0.881. The first-order valence-corrected chi connectivity index (χ1v) is 7.12. The molecule has 2 unspecified atom stereocenters. The van der Waals surface area contributed by atoms with Gasteiger partial charge >= 0.3 is 0 Å². The van der Waals surface area contributed by atoms with Gasteiger partial charge in [0.25, 0.3) is 5.91 Å². The van der Waals surface area contributed by atoms with Gasteiger partial charge in [0.05, 0.1) is 0 Å². The molecule has 3 rings (SSSR count). The number of benzene rings is 1. The van der Waals surface area contributed by atoms with Crippen LogP contribution in [0.2, 0.25) is 0 Å². The van der Waals surface area contributed by atoms with Gasteiger partial charge < -0.3 is 14.6 Å². The third-order valence-electron chi connectivity index (χ3n) is 4.33. The Morgan fingerprint density at radius 1 is 1.33 bits per heavy atom. The normalized spacial score (nSPS) is 22.1. The standard InChI is InChI=1S/C16H20N2O2.ClH/c1-10-13-6-4-5-7-14(13)20-15(10)16(19)18-9-8-17-11(2)12(18)3;/h4-7,11-12,17H,8-9H2,1-3H3;1H. The fraction of sp³-hybridized carbons (Fsp3) is 0.438. The van der Waals surface area contributed by atoms with Gasteiger partial charge in [0.1, 0.15) is 5.58 Å². The summed E-state index contributed by atoms with van der Waals surface area (Å²) < 4.78 is 5.79. The molecule has 21 heavy (non-hydrogen) atoms. The summed E-state index contributed by atoms with van der Waals surface area (Å²) in [5.74, 6) is 0.478. The summed E-state index contributed by atoms with van der Waals surface area (Å²) in [6.07, 6.45) is 0. The molecule has 1 aliphatic rings. The summed E-state index contributed by atoms with van der Waals surface area (Å²) in [4.78, 5) is 14.7. The molecule has 114 valence electrons. The summed E-state index contributed by atoms with van der Waals surface area (Å²) in [6, 6.07) is 8.27. The van der Waals surface area contributed by atoms with Crippen molar-refractivity contribution < 1.29 is 9.21 Å². The molecule has 5 heteroatoms. The number of para-hydroxylation sites is 1. The number of fused-ring (bicyclic) bond motifs is 1. The Kier molecular flexibility index (Phi) is 4.59. The number of carbonyl (C=O) groups excluding carboxylic acids is 1. The van der Waals surface area contributed by atoms with Crippen LogP contribution in [0.25, 0.3) is 11.0 Å². The van der Waals surface area contributed by atoms with Crippen molar-refractivity contribution in [3.63, 3.8) is 0 Å². The number of nitrogens with zero attached hydrogens (tertiary/aromatic N) is 1. The van der Waals surface area contributed by atoms with E-state index >= 15 is 0 Å². The van der Waals surface area contributed by atoms with Gasteiger partial charge in [0.2, 0.25) is 0 Å². The third-order valence-corrected chi connectivity index (χ3v) is 4.33. The highest BCUT2D eigenvalue weighted by Crippen LogP contribution is 2.27. The van der Waals surface area contributed by atoms with Crippen LogP contribution < -0.4 is 5.32 Å². The van der Waals surface area contributed by atoms with Crippen molar-refractivity contribution in [2.45, 2.75) is 32.9 Å². The molecular weight excluding hydrogens is 288 g/mol. The second-order valence-electron chi connectivity index (χ2n) is 5.53. The molecule has 0 bridgehead atoms. The van der Waals surface area contributed by atoms with Crippen molar-refractivity contribution in [1.82, 2.24) is 10.2 Å². The molecular formula is C16H21ClN2O2. The van der Waals surface area contributed by atoms with Crippen LogP contribution in [0.3, 0.4) is 0 Å². The van der Waals surface area contributed by atoms with Crippen molar-refractivity contribution in [2.75, 3.05) is 13.1 Å². The maximum Gasteiger partial charge on any atom is 0.290 e. The Morgan fingerprint density at radius 3 is 2.76 bits per heavy atom. The average Bonchev–Trinajstić information content (AvgIpc) is 2.79. The van der Waals surface area contributed by atoms with E-state index in [2.05, 4.69) is 19.2 Å². The number of hydrogen-bond acceptors (Lipinski definition) is 3. The van der Waals surface area contributed by atoms with Crippen LogP contribution in [0.4, 0.5) is 0 Å². The maximum atomic E-state index is 12.8. The molecule has 0 saturated carbocycles. The van der Waals surface area contributed by atoms with Gasteiger partial charge in [-0.15, -0.1) is 12.4 Å². The van der Waals surface area contributed by atoms with Crippen LogP contribution in [0.15, 0.2) is 28.7 Å². The molecule has 1 fully saturated rings. The minimum atomic E-state index is -0.000417. The molecule has 2 aromatic rings. The van der Waals surface area contributed by atoms with E-state index in [9.17, 15) is 4.79 Å². The van der Waals surface area contributed by atoms with Gasteiger partial charge in [-0.25, -0.2) is 0 Å². The lowest BCUT2D eigenvalue weighted by Gasteiger charge is -2.38. The van der Waals surface area contributed by atoms with Crippen molar-refractivity contribution >= 4 is 29.3 Å². The van der Waals surface area contributed by atoms with Crippen LogP contribution in [0, 0.1) is 6.92 Å². The van der Waals surface area contributed by atoms with Crippen LogP contribution >= 0.6 is 12.4 Å². The Morgan fingerprint density at radius 2 is 2.05 bits per heavy atom. The van der Waals surface area contributed by atoms with E-state index in [1.54, 1.807) is 0 Å². The molecule has 2 atom stereocenters. The number of hydrogen-bond donors (Lipinski definition) is 1. The van der Waals surface area contributed by atoms with E-state index < -0.39 is 0 Å². The maximum absolute atomic E-state index is 12.8. The smallest absolute Gasteiger partial charge is 0.290 e. The topological polar surface area (TPSA) is 45.5 Å². The number of halogens is 1. The second kappa shape index (κ2) is 6.08. The first-order chi connectivity index (χ1) is 9.59. The van der Waals surface area contributed by atoms with E-state index in [0.717, 1.165) is 29.6 Å². The molecule has 4 nitrogen and oxygen atoms in total. The number of furan rings is 1. The van der Waals surface area contributed by atoms with Crippen molar-refractivity contribution in [3.05, 3.63) is 35.6 Å². The van der Waals surface area contributed by atoms with Crippen LogP contribution in [0.5, 0.6) is 0 Å². The predicted molar refractivity (Wildman–Crippen MR) is 86.2 cm³/mol. The number of aryl methyl sites for hydroxylation is 1. The monoisotopic (exact) mass is 308 g/mol. The zero-order valence-corrected chi connectivity index (χ0v) is 13.4. The Balaban J connectivity index is 0.00000161. The van der Waals surface area contributed by atoms with Crippen molar-refractivity contribution in [1.29, 1.82) is 0 Å². The zero-order valence-electron chi connectivity index (χ0n) is 12.6.